The highest BCUT2D eigenvalue weighted by atomic mass is 16.5. The quantitative estimate of drug-likeness (QED) is 0.136. The molecule has 0 amide bonds. The van der Waals surface area contributed by atoms with Crippen LogP contribution in [0, 0.1) is 23.2 Å². The molecular formula is C42H49N5O2. The first-order valence-electron chi connectivity index (χ1n) is 16.5. The van der Waals surface area contributed by atoms with Gasteiger partial charge in [0.05, 0.1) is 12.7 Å². The molecule has 0 heterocycles. The van der Waals surface area contributed by atoms with Gasteiger partial charge in [-0.1, -0.05) is 60.7 Å². The van der Waals surface area contributed by atoms with Gasteiger partial charge in [0.1, 0.15) is 0 Å². The number of nitriles is 1. The van der Waals surface area contributed by atoms with Crippen LogP contribution in [-0.2, 0) is 9.53 Å². The Hall–Kier alpha value is -5.48. The smallest absolute Gasteiger partial charge is 0.324 e. The number of nitrogens with zero attached hydrogens (tertiary/aromatic N) is 5. The second-order valence-electron chi connectivity index (χ2n) is 12.9. The van der Waals surface area contributed by atoms with Crippen LogP contribution >= 0.6 is 0 Å². The van der Waals surface area contributed by atoms with Crippen molar-refractivity contribution in [1.29, 1.82) is 5.26 Å². The van der Waals surface area contributed by atoms with E-state index in [1.54, 1.807) is 6.92 Å². The Morgan fingerprint density at radius 3 is 1.04 bits per heavy atom. The monoisotopic (exact) mass is 655 g/mol. The zero-order chi connectivity index (χ0) is 35.7. The molecule has 0 saturated heterocycles. The van der Waals surface area contributed by atoms with E-state index in [0.717, 1.165) is 56.1 Å². The number of hydrogen-bond acceptors (Lipinski definition) is 7. The molecule has 7 heteroatoms. The molecule has 49 heavy (non-hydrogen) atoms. The van der Waals surface area contributed by atoms with Crippen LogP contribution in [0.1, 0.15) is 29.2 Å². The fourth-order valence-electron chi connectivity index (χ4n) is 5.63. The zero-order valence-corrected chi connectivity index (χ0v) is 30.3. The topological polar surface area (TPSA) is 63.1 Å². The summed E-state index contributed by atoms with van der Waals surface area (Å²) in [4.78, 5) is 21.7. The Kier molecular flexibility index (Phi) is 12.3. The molecule has 4 rings (SSSR count). The molecule has 0 radical (unpaired) electrons. The lowest BCUT2D eigenvalue weighted by Gasteiger charge is -2.21. The van der Waals surface area contributed by atoms with E-state index in [9.17, 15) is 10.1 Å². The Balaban J connectivity index is 2.02. The normalized spacial score (nSPS) is 11.2. The Morgan fingerprint density at radius 2 is 0.837 bits per heavy atom. The predicted octanol–water partition coefficient (Wildman–Crippen LogP) is 7.83. The Labute approximate surface area is 292 Å². The first-order valence-corrected chi connectivity index (χ1v) is 16.5. The molecule has 1 atom stereocenters. The molecule has 0 saturated carbocycles. The third-order valence-electron chi connectivity index (χ3n) is 8.56. The summed E-state index contributed by atoms with van der Waals surface area (Å²) in [5.41, 5.74) is 10.1. The van der Waals surface area contributed by atoms with Gasteiger partial charge >= 0.3 is 5.97 Å². The van der Waals surface area contributed by atoms with Gasteiger partial charge in [-0.25, -0.2) is 0 Å². The maximum Gasteiger partial charge on any atom is 0.324 e. The zero-order valence-electron chi connectivity index (χ0n) is 30.3. The minimum atomic E-state index is -1.07. The highest BCUT2D eigenvalue weighted by molar-refractivity contribution is 5.86. The highest BCUT2D eigenvalue weighted by Crippen LogP contribution is 2.35. The molecule has 4 aromatic rings. The molecule has 0 aliphatic rings. The van der Waals surface area contributed by atoms with Crippen molar-refractivity contribution in [2.75, 3.05) is 82.6 Å². The van der Waals surface area contributed by atoms with Crippen LogP contribution in [0.3, 0.4) is 0 Å². The molecule has 7 nitrogen and oxygen atoms in total. The number of anilines is 4. The summed E-state index contributed by atoms with van der Waals surface area (Å²) in [6.07, 6.45) is 4.12. The summed E-state index contributed by atoms with van der Waals surface area (Å²) >= 11 is 0. The van der Waals surface area contributed by atoms with Gasteiger partial charge < -0.3 is 24.3 Å². The average molecular weight is 656 g/mol. The number of carbonyl (C=O) groups is 1. The minimum Gasteiger partial charge on any atom is -0.465 e. The molecule has 0 bridgehead atoms. The van der Waals surface area contributed by atoms with Crippen molar-refractivity contribution in [1.82, 2.24) is 0 Å². The van der Waals surface area contributed by atoms with Gasteiger partial charge in [0.25, 0.3) is 0 Å². The molecule has 0 fully saturated rings. The second kappa shape index (κ2) is 16.6. The lowest BCUT2D eigenvalue weighted by molar-refractivity contribution is -0.146. The number of esters is 1. The van der Waals surface area contributed by atoms with E-state index in [2.05, 4.69) is 135 Å². The van der Waals surface area contributed by atoms with Crippen LogP contribution in [0.5, 0.6) is 0 Å². The molecule has 0 aromatic heterocycles. The van der Waals surface area contributed by atoms with Gasteiger partial charge in [-0.2, -0.15) is 5.26 Å². The van der Waals surface area contributed by atoms with Crippen molar-refractivity contribution in [2.24, 2.45) is 11.8 Å². The number of carbonyl (C=O) groups excluding carboxylic acids is 1. The summed E-state index contributed by atoms with van der Waals surface area (Å²) in [6, 6.07) is 35.7. The van der Waals surface area contributed by atoms with Crippen molar-refractivity contribution in [3.05, 3.63) is 131 Å². The predicted molar refractivity (Wildman–Crippen MR) is 206 cm³/mol. The lowest BCUT2D eigenvalue weighted by atomic mass is 9.84. The van der Waals surface area contributed by atoms with E-state index in [4.69, 9.17) is 4.74 Å². The number of ether oxygens (including phenoxy) is 1. The molecular weight excluding hydrogens is 606 g/mol. The lowest BCUT2D eigenvalue weighted by Crippen LogP contribution is -2.23. The number of hydrogen-bond donors (Lipinski definition) is 0. The van der Waals surface area contributed by atoms with Crippen molar-refractivity contribution < 1.29 is 9.53 Å². The van der Waals surface area contributed by atoms with E-state index in [-0.39, 0.29) is 6.61 Å². The van der Waals surface area contributed by atoms with E-state index in [1.165, 1.54) is 0 Å². The van der Waals surface area contributed by atoms with Crippen LogP contribution in [0.15, 0.2) is 109 Å². The summed E-state index contributed by atoms with van der Waals surface area (Å²) in [5, 5.41) is 10.6. The standard InChI is InChI=1S/C42H49N5O2/c1-10-49-42(48)41(29-43)34(27-39(30-11-19-35(20-12-30)44(2)3)31-13-21-36(22-14-31)45(4)5)28-40(32-15-23-37(24-16-32)46(6)7)33-17-25-38(26-18-33)47(8)9/h11-28,34,41H,10H2,1-9H3. The molecule has 1 unspecified atom stereocenters. The van der Waals surface area contributed by atoms with Crippen molar-refractivity contribution >= 4 is 39.9 Å². The highest BCUT2D eigenvalue weighted by Gasteiger charge is 2.29. The van der Waals surface area contributed by atoms with Crippen molar-refractivity contribution in [3.63, 3.8) is 0 Å². The van der Waals surface area contributed by atoms with Gasteiger partial charge in [-0.3, -0.25) is 4.79 Å². The van der Waals surface area contributed by atoms with E-state index in [1.807, 2.05) is 56.4 Å². The molecule has 0 aliphatic heterocycles. The Bertz CT molecular complexity index is 1550. The second-order valence-corrected chi connectivity index (χ2v) is 12.9. The molecule has 0 N–H and O–H groups in total. The SMILES string of the molecule is CCOC(=O)C(C#N)C(C=C(c1ccc(N(C)C)cc1)c1ccc(N(C)C)cc1)C=C(c1ccc(N(C)C)cc1)c1ccc(N(C)C)cc1. The van der Waals surface area contributed by atoms with Crippen LogP contribution < -0.4 is 19.6 Å². The van der Waals surface area contributed by atoms with Gasteiger partial charge in [-0.15, -0.1) is 0 Å². The van der Waals surface area contributed by atoms with E-state index in [0.29, 0.717) is 0 Å². The largest absolute Gasteiger partial charge is 0.465 e. The number of benzene rings is 4. The van der Waals surface area contributed by atoms with Crippen molar-refractivity contribution in [2.45, 2.75) is 6.92 Å². The molecule has 0 aliphatic carbocycles. The summed E-state index contributed by atoms with van der Waals surface area (Å²) in [6.45, 7) is 1.95. The summed E-state index contributed by atoms with van der Waals surface area (Å²) in [7, 11) is 16.1. The van der Waals surface area contributed by atoms with Crippen LogP contribution in [0.4, 0.5) is 22.7 Å². The number of rotatable bonds is 13. The van der Waals surface area contributed by atoms with Crippen LogP contribution in [0.25, 0.3) is 11.1 Å². The van der Waals surface area contributed by atoms with Crippen molar-refractivity contribution in [3.8, 4) is 6.07 Å². The van der Waals surface area contributed by atoms with Gasteiger partial charge in [0, 0.05) is 85.0 Å². The van der Waals surface area contributed by atoms with Gasteiger partial charge in [-0.05, 0) is 88.9 Å². The summed E-state index contributed by atoms with van der Waals surface area (Å²) in [5.74, 6) is -2.25. The maximum absolute atomic E-state index is 13.5. The average Bonchev–Trinajstić information content (AvgIpc) is 3.09. The maximum atomic E-state index is 13.5. The molecule has 0 spiro atoms. The first kappa shape index (κ1) is 36.4. The Morgan fingerprint density at radius 1 is 0.571 bits per heavy atom. The fraction of sp³-hybridized carbons (Fsp3) is 0.286. The van der Waals surface area contributed by atoms with E-state index < -0.39 is 17.8 Å². The molecule has 4 aromatic carbocycles. The van der Waals surface area contributed by atoms with Crippen LogP contribution in [0.2, 0.25) is 0 Å². The fourth-order valence-corrected chi connectivity index (χ4v) is 5.63. The number of allylic oxidation sites excluding steroid dienone is 2. The van der Waals surface area contributed by atoms with E-state index >= 15 is 0 Å². The summed E-state index contributed by atoms with van der Waals surface area (Å²) < 4.78 is 5.49. The van der Waals surface area contributed by atoms with Gasteiger partial charge in [0.15, 0.2) is 5.92 Å². The van der Waals surface area contributed by atoms with Crippen LogP contribution in [-0.4, -0.2) is 69.0 Å². The third-order valence-corrected chi connectivity index (χ3v) is 8.56. The molecule has 254 valence electrons. The van der Waals surface area contributed by atoms with Gasteiger partial charge in [0.2, 0.25) is 0 Å². The minimum absolute atomic E-state index is 0.187. The first-order chi connectivity index (χ1) is 23.4. The third kappa shape index (κ3) is 9.11.